The second-order valence-electron chi connectivity index (χ2n) is 4.49. The maximum absolute atomic E-state index is 12.2. The Morgan fingerprint density at radius 3 is 2.42 bits per heavy atom. The summed E-state index contributed by atoms with van der Waals surface area (Å²) in [5.74, 6) is -1.23. The van der Waals surface area contributed by atoms with Crippen molar-refractivity contribution in [3.8, 4) is 0 Å². The maximum atomic E-state index is 12.2. The molecule has 0 aromatic carbocycles. The number of rotatable bonds is 6. The van der Waals surface area contributed by atoms with E-state index in [9.17, 15) is 13.2 Å². The van der Waals surface area contributed by atoms with Crippen LogP contribution >= 0.6 is 11.3 Å². The number of thiophene rings is 1. The number of aliphatic hydroxyl groups is 1. The summed E-state index contributed by atoms with van der Waals surface area (Å²) in [4.78, 5) is 11.2. The van der Waals surface area contributed by atoms with Crippen LogP contribution in [0.5, 0.6) is 0 Å². The molecule has 0 radical (unpaired) electrons. The first kappa shape index (κ1) is 16.1. The van der Waals surface area contributed by atoms with Gasteiger partial charge in [-0.05, 0) is 18.9 Å². The van der Waals surface area contributed by atoms with Crippen molar-refractivity contribution in [3.05, 3.63) is 15.8 Å². The molecule has 0 saturated heterocycles. The number of carboxylic acids is 1. The van der Waals surface area contributed by atoms with Gasteiger partial charge in [-0.3, -0.25) is 0 Å². The van der Waals surface area contributed by atoms with Crippen LogP contribution in [-0.2, 0) is 10.0 Å². The summed E-state index contributed by atoms with van der Waals surface area (Å²) in [6.45, 7) is 4.81. The summed E-state index contributed by atoms with van der Waals surface area (Å²) in [5, 5.41) is 18.0. The number of carboxylic acid groups (broad SMARTS) is 1. The minimum atomic E-state index is -3.82. The zero-order valence-corrected chi connectivity index (χ0v) is 12.5. The monoisotopic (exact) mass is 307 g/mol. The molecule has 1 aromatic heterocycles. The van der Waals surface area contributed by atoms with Gasteiger partial charge in [0, 0.05) is 10.9 Å². The van der Waals surface area contributed by atoms with E-state index in [2.05, 4.69) is 4.72 Å². The summed E-state index contributed by atoms with van der Waals surface area (Å²) in [7, 11) is -3.82. The van der Waals surface area contributed by atoms with Crippen molar-refractivity contribution in [2.24, 2.45) is 5.92 Å². The van der Waals surface area contributed by atoms with Crippen LogP contribution in [0, 0.1) is 12.8 Å². The van der Waals surface area contributed by atoms with Crippen LogP contribution in [0.3, 0.4) is 0 Å². The van der Waals surface area contributed by atoms with Crippen molar-refractivity contribution in [2.75, 3.05) is 6.61 Å². The topological polar surface area (TPSA) is 104 Å². The zero-order valence-electron chi connectivity index (χ0n) is 10.9. The SMILES string of the molecule is Cc1sc(C(=O)O)cc1S(=O)(=O)NC(CO)C(C)C. The van der Waals surface area contributed by atoms with E-state index in [-0.39, 0.29) is 22.3 Å². The molecule has 0 amide bonds. The van der Waals surface area contributed by atoms with Gasteiger partial charge in [0.25, 0.3) is 0 Å². The number of carbonyl (C=O) groups is 1. The van der Waals surface area contributed by atoms with Crippen LogP contribution in [0.1, 0.15) is 28.4 Å². The number of sulfonamides is 1. The normalized spacial score (nSPS) is 13.7. The van der Waals surface area contributed by atoms with E-state index in [1.807, 2.05) is 0 Å². The molecule has 1 rings (SSSR count). The highest BCUT2D eigenvalue weighted by Gasteiger charge is 2.26. The van der Waals surface area contributed by atoms with Gasteiger partial charge in [-0.2, -0.15) is 0 Å². The first-order valence-electron chi connectivity index (χ1n) is 5.66. The third kappa shape index (κ3) is 3.75. The summed E-state index contributed by atoms with van der Waals surface area (Å²) in [6, 6.07) is 0.539. The number of aliphatic hydroxyl groups excluding tert-OH is 1. The number of hydrogen-bond acceptors (Lipinski definition) is 5. The van der Waals surface area contributed by atoms with Crippen LogP contribution in [-0.4, -0.2) is 37.2 Å². The fourth-order valence-corrected chi connectivity index (χ4v) is 4.29. The van der Waals surface area contributed by atoms with Crippen LogP contribution in [0.15, 0.2) is 11.0 Å². The first-order chi connectivity index (χ1) is 8.69. The summed E-state index contributed by atoms with van der Waals surface area (Å²) in [5.41, 5.74) is 0. The van der Waals surface area contributed by atoms with Gasteiger partial charge in [-0.25, -0.2) is 17.9 Å². The summed E-state index contributed by atoms with van der Waals surface area (Å²) >= 11 is 0.911. The molecule has 0 aliphatic rings. The Labute approximate surface area is 116 Å². The van der Waals surface area contributed by atoms with Crippen LogP contribution in [0.4, 0.5) is 0 Å². The van der Waals surface area contributed by atoms with E-state index in [0.29, 0.717) is 4.88 Å². The van der Waals surface area contributed by atoms with Gasteiger partial charge >= 0.3 is 5.97 Å². The largest absolute Gasteiger partial charge is 0.477 e. The van der Waals surface area contributed by atoms with Gasteiger partial charge in [0.15, 0.2) is 0 Å². The molecule has 1 heterocycles. The lowest BCUT2D eigenvalue weighted by Crippen LogP contribution is -2.41. The average molecular weight is 307 g/mol. The molecule has 6 nitrogen and oxygen atoms in total. The average Bonchev–Trinajstić information content (AvgIpc) is 2.68. The number of aromatic carboxylic acids is 1. The summed E-state index contributed by atoms with van der Waals surface area (Å²) in [6.07, 6.45) is 0. The molecular formula is C11H17NO5S2. The van der Waals surface area contributed by atoms with Gasteiger partial charge in [-0.15, -0.1) is 11.3 Å². The smallest absolute Gasteiger partial charge is 0.345 e. The lowest BCUT2D eigenvalue weighted by Gasteiger charge is -2.19. The molecule has 0 aliphatic carbocycles. The Morgan fingerprint density at radius 1 is 1.47 bits per heavy atom. The first-order valence-corrected chi connectivity index (χ1v) is 7.96. The standard InChI is InChI=1S/C11H17NO5S2/c1-6(2)8(5-13)12-19(16,17)10-4-9(11(14)15)18-7(10)3/h4,6,8,12-13H,5H2,1-3H3,(H,14,15). The Hall–Kier alpha value is -0.960. The second-order valence-corrected chi connectivity index (χ2v) is 7.43. The Kier molecular flexibility index (Phi) is 5.08. The third-order valence-corrected chi connectivity index (χ3v) is 5.46. The van der Waals surface area contributed by atoms with Gasteiger partial charge in [0.05, 0.1) is 11.5 Å². The fourth-order valence-electron chi connectivity index (χ4n) is 1.48. The molecule has 1 unspecified atom stereocenters. The van der Waals surface area contributed by atoms with Crippen molar-refractivity contribution in [1.29, 1.82) is 0 Å². The molecule has 108 valence electrons. The molecule has 0 saturated carbocycles. The molecule has 1 aromatic rings. The van der Waals surface area contributed by atoms with Gasteiger partial charge < -0.3 is 10.2 Å². The molecular weight excluding hydrogens is 290 g/mol. The minimum Gasteiger partial charge on any atom is -0.477 e. The van der Waals surface area contributed by atoms with E-state index in [1.54, 1.807) is 20.8 Å². The third-order valence-electron chi connectivity index (χ3n) is 2.68. The minimum absolute atomic E-state index is 0.0250. The highest BCUT2D eigenvalue weighted by molar-refractivity contribution is 7.89. The van der Waals surface area contributed by atoms with E-state index < -0.39 is 22.0 Å². The predicted octanol–water partition coefficient (Wildman–Crippen LogP) is 1.05. The van der Waals surface area contributed by atoms with E-state index in [4.69, 9.17) is 10.2 Å². The fraction of sp³-hybridized carbons (Fsp3) is 0.545. The highest BCUT2D eigenvalue weighted by Crippen LogP contribution is 2.26. The van der Waals surface area contributed by atoms with Crippen LogP contribution in [0.25, 0.3) is 0 Å². The molecule has 19 heavy (non-hydrogen) atoms. The lowest BCUT2D eigenvalue weighted by molar-refractivity contribution is 0.0702. The molecule has 0 aliphatic heterocycles. The van der Waals surface area contributed by atoms with Crippen LogP contribution in [0.2, 0.25) is 0 Å². The number of hydrogen-bond donors (Lipinski definition) is 3. The summed E-state index contributed by atoms with van der Waals surface area (Å²) < 4.78 is 26.7. The van der Waals surface area contributed by atoms with Crippen molar-refractivity contribution in [1.82, 2.24) is 4.72 Å². The van der Waals surface area contributed by atoms with Crippen molar-refractivity contribution in [2.45, 2.75) is 31.7 Å². The quantitative estimate of drug-likeness (QED) is 0.729. The Morgan fingerprint density at radius 2 is 2.05 bits per heavy atom. The van der Waals surface area contributed by atoms with E-state index in [1.165, 1.54) is 0 Å². The van der Waals surface area contributed by atoms with E-state index in [0.717, 1.165) is 17.4 Å². The molecule has 8 heteroatoms. The second kappa shape index (κ2) is 6.00. The predicted molar refractivity (Wildman–Crippen MR) is 72.0 cm³/mol. The number of nitrogens with one attached hydrogen (secondary N) is 1. The van der Waals surface area contributed by atoms with Crippen molar-refractivity contribution >= 4 is 27.3 Å². The molecule has 0 fully saturated rings. The molecule has 0 spiro atoms. The zero-order chi connectivity index (χ0) is 14.8. The molecule has 1 atom stereocenters. The molecule has 3 N–H and O–H groups in total. The van der Waals surface area contributed by atoms with Gasteiger partial charge in [0.1, 0.15) is 4.88 Å². The lowest BCUT2D eigenvalue weighted by atomic mass is 10.1. The highest BCUT2D eigenvalue weighted by atomic mass is 32.2. The van der Waals surface area contributed by atoms with Crippen molar-refractivity contribution < 1.29 is 23.4 Å². The Balaban J connectivity index is 3.10. The molecule has 0 bridgehead atoms. The number of aryl methyl sites for hydroxylation is 1. The Bertz CT molecular complexity index is 562. The van der Waals surface area contributed by atoms with Gasteiger partial charge in [0.2, 0.25) is 10.0 Å². The van der Waals surface area contributed by atoms with Crippen molar-refractivity contribution in [3.63, 3.8) is 0 Å². The van der Waals surface area contributed by atoms with Gasteiger partial charge in [-0.1, -0.05) is 13.8 Å². The van der Waals surface area contributed by atoms with E-state index >= 15 is 0 Å². The maximum Gasteiger partial charge on any atom is 0.345 e. The van der Waals surface area contributed by atoms with Crippen LogP contribution < -0.4 is 4.72 Å².